The van der Waals surface area contributed by atoms with Gasteiger partial charge in [0.1, 0.15) is 13.2 Å². The molecule has 0 aromatic heterocycles. The highest BCUT2D eigenvalue weighted by atomic mass is 16.6. The summed E-state index contributed by atoms with van der Waals surface area (Å²) in [6.45, 7) is 6.48. The second-order valence-electron chi connectivity index (χ2n) is 20.9. The Kier molecular flexibility index (Phi) is 60.3. The molecule has 0 heterocycles. The van der Waals surface area contributed by atoms with Gasteiger partial charge in [0, 0.05) is 19.3 Å². The third kappa shape index (κ3) is 60.9. The monoisotopic (exact) mass is 1050 g/mol. The van der Waals surface area contributed by atoms with E-state index >= 15 is 0 Å². The molecule has 0 spiro atoms. The van der Waals surface area contributed by atoms with Gasteiger partial charge < -0.3 is 14.2 Å². The normalized spacial score (nSPS) is 12.8. The van der Waals surface area contributed by atoms with Crippen molar-refractivity contribution < 1.29 is 28.6 Å². The van der Waals surface area contributed by atoms with Gasteiger partial charge in [0.15, 0.2) is 6.10 Å². The lowest BCUT2D eigenvalue weighted by molar-refractivity contribution is -0.167. The molecule has 434 valence electrons. The number of carbonyl (C=O) groups is 3. The first kappa shape index (κ1) is 72.1. The summed E-state index contributed by atoms with van der Waals surface area (Å²) >= 11 is 0. The Balaban J connectivity index is 4.49. The zero-order valence-electron chi connectivity index (χ0n) is 49.7. The lowest BCUT2D eigenvalue weighted by atomic mass is 10.0. The van der Waals surface area contributed by atoms with E-state index in [1.807, 2.05) is 0 Å². The van der Waals surface area contributed by atoms with Gasteiger partial charge in [-0.05, 0) is 103 Å². The predicted octanol–water partition coefficient (Wildman–Crippen LogP) is 21.8. The molecular weight excluding hydrogens is 937 g/mol. The Hall–Kier alpha value is -3.93. The molecule has 0 amide bonds. The molecule has 0 aliphatic carbocycles. The topological polar surface area (TPSA) is 78.9 Å². The molecular formula is C70H118O6. The number of unbranched alkanes of at least 4 members (excludes halogenated alkanes) is 28. The Morgan fingerprint density at radius 3 is 0.868 bits per heavy atom. The van der Waals surface area contributed by atoms with Crippen LogP contribution < -0.4 is 0 Å². The van der Waals surface area contributed by atoms with E-state index in [-0.39, 0.29) is 37.5 Å². The molecule has 0 bridgehead atoms. The molecule has 0 aliphatic heterocycles. The first-order valence-corrected chi connectivity index (χ1v) is 31.9. The second-order valence-corrected chi connectivity index (χ2v) is 20.9. The smallest absolute Gasteiger partial charge is 0.306 e. The summed E-state index contributed by atoms with van der Waals surface area (Å²) in [5.74, 6) is -0.967. The van der Waals surface area contributed by atoms with Crippen LogP contribution in [0.5, 0.6) is 0 Å². The van der Waals surface area contributed by atoms with Gasteiger partial charge in [-0.25, -0.2) is 0 Å². The number of carbonyl (C=O) groups excluding carboxylic acids is 3. The van der Waals surface area contributed by atoms with Crippen molar-refractivity contribution in [3.05, 3.63) is 109 Å². The fourth-order valence-corrected chi connectivity index (χ4v) is 8.76. The van der Waals surface area contributed by atoms with Crippen LogP contribution in [0.3, 0.4) is 0 Å². The van der Waals surface area contributed by atoms with Crippen LogP contribution in [0.2, 0.25) is 0 Å². The second kappa shape index (κ2) is 63.6. The molecule has 0 fully saturated rings. The summed E-state index contributed by atoms with van der Waals surface area (Å²) in [6, 6.07) is 0. The minimum absolute atomic E-state index is 0.102. The van der Waals surface area contributed by atoms with Crippen molar-refractivity contribution in [1.29, 1.82) is 0 Å². The van der Waals surface area contributed by atoms with E-state index in [0.717, 1.165) is 116 Å². The minimum atomic E-state index is -0.809. The van der Waals surface area contributed by atoms with Crippen molar-refractivity contribution in [1.82, 2.24) is 0 Å². The maximum atomic E-state index is 12.9. The Morgan fingerprint density at radius 2 is 0.526 bits per heavy atom. The van der Waals surface area contributed by atoms with E-state index in [9.17, 15) is 14.4 Å². The van der Waals surface area contributed by atoms with E-state index in [0.29, 0.717) is 19.3 Å². The molecule has 0 rings (SSSR count). The van der Waals surface area contributed by atoms with Gasteiger partial charge in [0.05, 0.1) is 0 Å². The van der Waals surface area contributed by atoms with Crippen molar-refractivity contribution in [3.63, 3.8) is 0 Å². The maximum Gasteiger partial charge on any atom is 0.306 e. The average Bonchev–Trinajstić information content (AvgIpc) is 3.42. The van der Waals surface area contributed by atoms with Crippen LogP contribution in [-0.2, 0) is 28.6 Å². The number of ether oxygens (including phenoxy) is 3. The third-order valence-corrected chi connectivity index (χ3v) is 13.5. The minimum Gasteiger partial charge on any atom is -0.462 e. The Labute approximate surface area is 470 Å². The van der Waals surface area contributed by atoms with Crippen LogP contribution in [0.4, 0.5) is 0 Å². The van der Waals surface area contributed by atoms with Gasteiger partial charge >= 0.3 is 17.9 Å². The fraction of sp³-hybridized carbons (Fsp3) is 0.700. The highest BCUT2D eigenvalue weighted by Gasteiger charge is 2.19. The van der Waals surface area contributed by atoms with Gasteiger partial charge in [-0.15, -0.1) is 0 Å². The Bertz CT molecular complexity index is 1540. The first-order chi connectivity index (χ1) is 37.5. The summed E-state index contributed by atoms with van der Waals surface area (Å²) in [4.78, 5) is 38.3. The van der Waals surface area contributed by atoms with Crippen LogP contribution in [-0.4, -0.2) is 37.2 Å². The number of rotatable bonds is 57. The molecule has 0 saturated carbocycles. The first-order valence-electron chi connectivity index (χ1n) is 31.9. The predicted molar refractivity (Wildman–Crippen MR) is 330 cm³/mol. The Morgan fingerprint density at radius 1 is 0.276 bits per heavy atom. The number of hydrogen-bond donors (Lipinski definition) is 0. The van der Waals surface area contributed by atoms with Crippen molar-refractivity contribution in [2.24, 2.45) is 0 Å². The molecule has 76 heavy (non-hydrogen) atoms. The molecule has 6 nitrogen and oxygen atoms in total. The SMILES string of the molecule is CC/C=C\C/C=C\C/C=C\C/C=C\C/C=C\C/C=C\C/C=C\CCCC(=O)OCC(COC(=O)CCCCCCC/C=C\C/C=C\CCCCCC)OC(=O)CCCCCCCCCCCCCCCCCCCCC. The summed E-state index contributed by atoms with van der Waals surface area (Å²) in [5, 5.41) is 0. The number of allylic oxidation sites excluding steroid dienone is 18. The van der Waals surface area contributed by atoms with E-state index in [2.05, 4.69) is 130 Å². The van der Waals surface area contributed by atoms with E-state index in [1.165, 1.54) is 135 Å². The largest absolute Gasteiger partial charge is 0.462 e. The molecule has 0 radical (unpaired) electrons. The number of hydrogen-bond acceptors (Lipinski definition) is 6. The summed E-state index contributed by atoms with van der Waals surface area (Å²) in [6.07, 6.45) is 86.6. The zero-order valence-corrected chi connectivity index (χ0v) is 49.7. The standard InChI is InChI=1S/C70H118O6/c1-4-7-10-13-16-19-22-25-28-31-33-34-35-36-38-39-42-45-48-51-54-57-60-63-69(72)75-66-67(65-74-68(71)62-59-56-53-50-47-44-41-30-27-24-21-18-15-12-9-6-3)76-70(73)64-61-58-55-52-49-46-43-40-37-32-29-26-23-20-17-14-11-8-5-2/h7,10,16,19,21,24-25,28,30,33-34,36,38,41-42,45,51,54,67H,4-6,8-9,11-15,17-18,20,22-23,26-27,29,31-32,35,37,39-40,43-44,46-50,52-53,55-66H2,1-3H3/b10-7-,19-16-,24-21-,28-25-,34-33-,38-36-,41-30-,45-42-,54-51-. The lowest BCUT2D eigenvalue weighted by Gasteiger charge is -2.18. The molecule has 0 aromatic carbocycles. The van der Waals surface area contributed by atoms with Crippen molar-refractivity contribution in [3.8, 4) is 0 Å². The van der Waals surface area contributed by atoms with Crippen LogP contribution in [0.15, 0.2) is 109 Å². The van der Waals surface area contributed by atoms with Gasteiger partial charge in [-0.3, -0.25) is 14.4 Å². The van der Waals surface area contributed by atoms with E-state index in [4.69, 9.17) is 14.2 Å². The zero-order chi connectivity index (χ0) is 55.0. The van der Waals surface area contributed by atoms with Crippen molar-refractivity contribution in [2.45, 2.75) is 303 Å². The molecule has 0 saturated heterocycles. The molecule has 0 aliphatic rings. The number of esters is 3. The molecule has 0 aromatic rings. The molecule has 1 unspecified atom stereocenters. The van der Waals surface area contributed by atoms with Gasteiger partial charge in [0.25, 0.3) is 0 Å². The summed E-state index contributed by atoms with van der Waals surface area (Å²) in [5.41, 5.74) is 0. The van der Waals surface area contributed by atoms with Crippen LogP contribution in [0.1, 0.15) is 297 Å². The van der Waals surface area contributed by atoms with E-state index in [1.54, 1.807) is 0 Å². The summed E-state index contributed by atoms with van der Waals surface area (Å²) < 4.78 is 16.9. The molecule has 6 heteroatoms. The van der Waals surface area contributed by atoms with Crippen molar-refractivity contribution in [2.75, 3.05) is 13.2 Å². The van der Waals surface area contributed by atoms with Gasteiger partial charge in [-0.2, -0.15) is 0 Å². The molecule has 0 N–H and O–H groups in total. The quantitative estimate of drug-likeness (QED) is 0.0261. The maximum absolute atomic E-state index is 12.9. The van der Waals surface area contributed by atoms with Crippen LogP contribution in [0, 0.1) is 0 Å². The summed E-state index contributed by atoms with van der Waals surface area (Å²) in [7, 11) is 0. The fourth-order valence-electron chi connectivity index (χ4n) is 8.76. The lowest BCUT2D eigenvalue weighted by Crippen LogP contribution is -2.30. The van der Waals surface area contributed by atoms with Crippen LogP contribution in [0.25, 0.3) is 0 Å². The van der Waals surface area contributed by atoms with Crippen molar-refractivity contribution >= 4 is 17.9 Å². The van der Waals surface area contributed by atoms with Gasteiger partial charge in [-0.1, -0.05) is 284 Å². The van der Waals surface area contributed by atoms with Gasteiger partial charge in [0.2, 0.25) is 0 Å². The highest BCUT2D eigenvalue weighted by molar-refractivity contribution is 5.71. The highest BCUT2D eigenvalue weighted by Crippen LogP contribution is 2.16. The average molecular weight is 1060 g/mol. The van der Waals surface area contributed by atoms with E-state index < -0.39 is 6.10 Å². The molecule has 1 atom stereocenters. The third-order valence-electron chi connectivity index (χ3n) is 13.5. The van der Waals surface area contributed by atoms with Crippen LogP contribution >= 0.6 is 0 Å².